The van der Waals surface area contributed by atoms with Gasteiger partial charge in [0.1, 0.15) is 5.78 Å². The topological polar surface area (TPSA) is 60.4 Å². The van der Waals surface area contributed by atoms with Gasteiger partial charge in [0.15, 0.2) is 0 Å². The first-order valence-corrected chi connectivity index (χ1v) is 4.81. The van der Waals surface area contributed by atoms with Gasteiger partial charge in [-0.15, -0.1) is 0 Å². The Morgan fingerprint density at radius 3 is 2.57 bits per heavy atom. The van der Waals surface area contributed by atoms with Crippen molar-refractivity contribution in [3.63, 3.8) is 0 Å². The molecule has 0 N–H and O–H groups in total. The maximum Gasteiger partial charge on any atom is 0.375 e. The first-order chi connectivity index (χ1) is 6.57. The molecule has 0 radical (unpaired) electrons. The lowest BCUT2D eigenvalue weighted by molar-refractivity contribution is -0.157. The Morgan fingerprint density at radius 2 is 2.14 bits per heavy atom. The van der Waals surface area contributed by atoms with Crippen LogP contribution in [0.1, 0.15) is 26.7 Å². The van der Waals surface area contributed by atoms with Gasteiger partial charge >= 0.3 is 5.97 Å². The van der Waals surface area contributed by atoms with Gasteiger partial charge in [-0.3, -0.25) is 9.59 Å². The van der Waals surface area contributed by atoms with Crippen LogP contribution in [0.3, 0.4) is 0 Å². The van der Waals surface area contributed by atoms with Gasteiger partial charge in [0.2, 0.25) is 0 Å². The maximum atomic E-state index is 11.5. The third-order valence-electron chi connectivity index (χ3n) is 2.52. The highest BCUT2D eigenvalue weighted by Crippen LogP contribution is 2.29. The number of carbonyl (C=O) groups excluding carboxylic acids is 3. The van der Waals surface area contributed by atoms with Crippen LogP contribution in [0.2, 0.25) is 0 Å². The number of carbonyl (C=O) groups is 3. The molecule has 0 heterocycles. The second-order valence-corrected chi connectivity index (χ2v) is 3.54. The monoisotopic (exact) mass is 198 g/mol. The van der Waals surface area contributed by atoms with Gasteiger partial charge in [0.05, 0.1) is 12.5 Å². The van der Waals surface area contributed by atoms with Crippen molar-refractivity contribution in [3.8, 4) is 0 Å². The second-order valence-electron chi connectivity index (χ2n) is 3.54. The molecule has 0 saturated heterocycles. The molecule has 4 heteroatoms. The molecule has 78 valence electrons. The zero-order valence-electron chi connectivity index (χ0n) is 8.41. The van der Waals surface area contributed by atoms with Crippen molar-refractivity contribution in [1.82, 2.24) is 0 Å². The largest absolute Gasteiger partial charge is 0.460 e. The van der Waals surface area contributed by atoms with Crippen LogP contribution in [0.4, 0.5) is 0 Å². The van der Waals surface area contributed by atoms with Crippen molar-refractivity contribution in [1.29, 1.82) is 0 Å². The number of rotatable bonds is 3. The summed E-state index contributed by atoms with van der Waals surface area (Å²) in [7, 11) is 0. The molecule has 0 amide bonds. The van der Waals surface area contributed by atoms with Crippen molar-refractivity contribution in [3.05, 3.63) is 0 Å². The maximum absolute atomic E-state index is 11.5. The molecule has 1 rings (SSSR count). The van der Waals surface area contributed by atoms with Crippen LogP contribution in [0.25, 0.3) is 0 Å². The molecule has 0 aromatic carbocycles. The third-order valence-corrected chi connectivity index (χ3v) is 2.52. The normalized spacial score (nSPS) is 26.3. The van der Waals surface area contributed by atoms with Crippen LogP contribution in [0.5, 0.6) is 0 Å². The molecule has 1 aliphatic carbocycles. The zero-order valence-corrected chi connectivity index (χ0v) is 8.41. The van der Waals surface area contributed by atoms with Gasteiger partial charge in [-0.25, -0.2) is 4.79 Å². The quantitative estimate of drug-likeness (QED) is 0.381. The Morgan fingerprint density at radius 1 is 1.50 bits per heavy atom. The minimum atomic E-state index is -0.875. The number of hydrogen-bond acceptors (Lipinski definition) is 4. The van der Waals surface area contributed by atoms with E-state index in [0.29, 0.717) is 12.8 Å². The van der Waals surface area contributed by atoms with Crippen molar-refractivity contribution in [2.75, 3.05) is 6.61 Å². The van der Waals surface area contributed by atoms with Crippen molar-refractivity contribution in [2.45, 2.75) is 26.7 Å². The summed E-state index contributed by atoms with van der Waals surface area (Å²) in [5.41, 5.74) is 0. The summed E-state index contributed by atoms with van der Waals surface area (Å²) < 4.78 is 4.57. The van der Waals surface area contributed by atoms with E-state index in [1.807, 2.05) is 6.92 Å². The Balaban J connectivity index is 2.68. The smallest absolute Gasteiger partial charge is 0.375 e. The van der Waals surface area contributed by atoms with Gasteiger partial charge in [0, 0.05) is 6.42 Å². The molecule has 1 aliphatic rings. The summed E-state index contributed by atoms with van der Waals surface area (Å²) in [6.07, 6.45) is 1.09. The van der Waals surface area contributed by atoms with E-state index in [2.05, 4.69) is 4.74 Å². The van der Waals surface area contributed by atoms with E-state index in [1.54, 1.807) is 6.92 Å². The first kappa shape index (κ1) is 10.9. The highest BCUT2D eigenvalue weighted by molar-refractivity contribution is 6.38. The van der Waals surface area contributed by atoms with Crippen LogP contribution >= 0.6 is 0 Å². The second kappa shape index (κ2) is 4.35. The fourth-order valence-electron chi connectivity index (χ4n) is 1.74. The Hall–Kier alpha value is -1.19. The summed E-state index contributed by atoms with van der Waals surface area (Å²) in [6.45, 7) is 3.61. The van der Waals surface area contributed by atoms with Crippen LogP contribution in [0, 0.1) is 11.8 Å². The number of esters is 1. The molecular formula is C10H14O4. The summed E-state index contributed by atoms with van der Waals surface area (Å²) in [4.78, 5) is 33.9. The van der Waals surface area contributed by atoms with Crippen molar-refractivity contribution >= 4 is 17.5 Å². The van der Waals surface area contributed by atoms with E-state index in [0.717, 1.165) is 0 Å². The summed E-state index contributed by atoms with van der Waals surface area (Å²) >= 11 is 0. The molecule has 2 atom stereocenters. The highest BCUT2D eigenvalue weighted by Gasteiger charge is 2.40. The lowest BCUT2D eigenvalue weighted by atomic mass is 9.93. The van der Waals surface area contributed by atoms with E-state index in [9.17, 15) is 14.4 Å². The third kappa shape index (κ3) is 2.00. The number of Topliss-reactive ketones (excluding diaryl/α,β-unsaturated/α-hetero) is 2. The molecule has 14 heavy (non-hydrogen) atoms. The van der Waals surface area contributed by atoms with E-state index in [1.165, 1.54) is 0 Å². The molecule has 2 unspecified atom stereocenters. The molecule has 4 nitrogen and oxygen atoms in total. The molecule has 0 spiro atoms. The Kier molecular flexibility index (Phi) is 3.38. The van der Waals surface area contributed by atoms with E-state index < -0.39 is 17.7 Å². The molecular weight excluding hydrogens is 184 g/mol. The predicted molar refractivity (Wildman–Crippen MR) is 48.5 cm³/mol. The SMILES string of the molecule is CCOC(=O)C(=O)C1C(=O)CCC1C. The Bertz CT molecular complexity index is 269. The van der Waals surface area contributed by atoms with Gasteiger partial charge in [-0.05, 0) is 19.3 Å². The van der Waals surface area contributed by atoms with Crippen LogP contribution in [0.15, 0.2) is 0 Å². The summed E-state index contributed by atoms with van der Waals surface area (Å²) in [5, 5.41) is 0. The lowest BCUT2D eigenvalue weighted by Gasteiger charge is -2.10. The standard InChI is InChI=1S/C10H14O4/c1-3-14-10(13)9(12)8-6(2)4-5-7(8)11/h6,8H,3-5H2,1-2H3. The van der Waals surface area contributed by atoms with Gasteiger partial charge < -0.3 is 4.74 Å². The molecule has 1 fully saturated rings. The van der Waals surface area contributed by atoms with Crippen molar-refractivity contribution in [2.24, 2.45) is 11.8 Å². The van der Waals surface area contributed by atoms with Gasteiger partial charge in [-0.2, -0.15) is 0 Å². The zero-order chi connectivity index (χ0) is 10.7. The predicted octanol–water partition coefficient (Wildman–Crippen LogP) is 0.734. The molecule has 1 saturated carbocycles. The average Bonchev–Trinajstić information content (AvgIpc) is 2.46. The van der Waals surface area contributed by atoms with Crippen LogP contribution < -0.4 is 0 Å². The van der Waals surface area contributed by atoms with Crippen LogP contribution in [-0.4, -0.2) is 24.1 Å². The number of ketones is 2. The van der Waals surface area contributed by atoms with Gasteiger partial charge in [0.25, 0.3) is 5.78 Å². The van der Waals surface area contributed by atoms with Crippen molar-refractivity contribution < 1.29 is 19.1 Å². The minimum absolute atomic E-state index is 0.0283. The average molecular weight is 198 g/mol. The molecule has 0 aliphatic heterocycles. The fourth-order valence-corrected chi connectivity index (χ4v) is 1.74. The fraction of sp³-hybridized carbons (Fsp3) is 0.700. The highest BCUT2D eigenvalue weighted by atomic mass is 16.5. The number of ether oxygens (including phenoxy) is 1. The minimum Gasteiger partial charge on any atom is -0.460 e. The van der Waals surface area contributed by atoms with E-state index in [-0.39, 0.29) is 18.3 Å². The summed E-state index contributed by atoms with van der Waals surface area (Å²) in [5.74, 6) is -2.47. The molecule has 0 bridgehead atoms. The molecule has 0 aromatic heterocycles. The summed E-state index contributed by atoms with van der Waals surface area (Å²) in [6, 6.07) is 0. The van der Waals surface area contributed by atoms with Gasteiger partial charge in [-0.1, -0.05) is 6.92 Å². The van der Waals surface area contributed by atoms with Crippen LogP contribution in [-0.2, 0) is 19.1 Å². The first-order valence-electron chi connectivity index (χ1n) is 4.81. The Labute approximate surface area is 82.6 Å². The van der Waals surface area contributed by atoms with E-state index >= 15 is 0 Å². The van der Waals surface area contributed by atoms with E-state index in [4.69, 9.17) is 0 Å². The lowest BCUT2D eigenvalue weighted by Crippen LogP contribution is -2.31. The number of hydrogen-bond donors (Lipinski definition) is 0. The molecule has 0 aromatic rings.